The van der Waals surface area contributed by atoms with Gasteiger partial charge in [0, 0.05) is 14.0 Å². The van der Waals surface area contributed by atoms with Crippen LogP contribution in [0.1, 0.15) is 13.8 Å². The lowest BCUT2D eigenvalue weighted by Crippen LogP contribution is -2.16. The van der Waals surface area contributed by atoms with Crippen molar-refractivity contribution in [1.82, 2.24) is 0 Å². The Morgan fingerprint density at radius 3 is 2.58 bits per heavy atom. The van der Waals surface area contributed by atoms with Gasteiger partial charge < -0.3 is 14.2 Å². The van der Waals surface area contributed by atoms with Crippen LogP contribution in [0.25, 0.3) is 0 Å². The Bertz CT molecular complexity index is 164. The van der Waals surface area contributed by atoms with Crippen molar-refractivity contribution >= 4 is 5.97 Å². The van der Waals surface area contributed by atoms with E-state index in [1.165, 1.54) is 14.0 Å². The first-order valence-corrected chi connectivity index (χ1v) is 3.55. The van der Waals surface area contributed by atoms with E-state index >= 15 is 0 Å². The van der Waals surface area contributed by atoms with E-state index < -0.39 is 6.10 Å². The molecular weight excluding hydrogens is 160 g/mol. The third kappa shape index (κ3) is 4.73. The van der Waals surface area contributed by atoms with Crippen LogP contribution in [-0.4, -0.2) is 26.0 Å². The molecule has 0 aliphatic heterocycles. The van der Waals surface area contributed by atoms with Crippen LogP contribution in [0.2, 0.25) is 0 Å². The van der Waals surface area contributed by atoms with E-state index in [-0.39, 0.29) is 12.8 Å². The van der Waals surface area contributed by atoms with Crippen molar-refractivity contribution in [2.75, 3.05) is 13.9 Å². The zero-order valence-corrected chi connectivity index (χ0v) is 7.62. The summed E-state index contributed by atoms with van der Waals surface area (Å²) in [5.74, 6) is 0.0247. The molecule has 4 nitrogen and oxygen atoms in total. The normalized spacial score (nSPS) is 11.9. The minimum Gasteiger partial charge on any atom is -0.469 e. The molecule has 0 fully saturated rings. The monoisotopic (exact) mass is 174 g/mol. The number of rotatable bonds is 5. The molecule has 4 heteroatoms. The summed E-state index contributed by atoms with van der Waals surface area (Å²) in [6.07, 6.45) is -0.433. The minimum absolute atomic E-state index is 0.116. The molecule has 0 aromatic heterocycles. The standard InChI is InChI=1S/C8H14O4/c1-6(11-5-10-4)7(2)12-8(3)9/h7H,1,5H2,2-4H3. The quantitative estimate of drug-likeness (QED) is 0.355. The summed E-state index contributed by atoms with van der Waals surface area (Å²) >= 11 is 0. The summed E-state index contributed by atoms with van der Waals surface area (Å²) in [6, 6.07) is 0. The smallest absolute Gasteiger partial charge is 0.303 e. The number of ether oxygens (including phenoxy) is 3. The fourth-order valence-corrected chi connectivity index (χ4v) is 0.567. The zero-order chi connectivity index (χ0) is 9.56. The van der Waals surface area contributed by atoms with Crippen molar-refractivity contribution in [3.05, 3.63) is 12.3 Å². The third-order valence-electron chi connectivity index (χ3n) is 1.16. The maximum atomic E-state index is 10.5. The molecule has 0 amide bonds. The second kappa shape index (κ2) is 5.60. The lowest BCUT2D eigenvalue weighted by molar-refractivity contribution is -0.146. The van der Waals surface area contributed by atoms with Gasteiger partial charge in [0.25, 0.3) is 0 Å². The SMILES string of the molecule is C=C(OCOC)C(C)OC(C)=O. The van der Waals surface area contributed by atoms with Gasteiger partial charge in [-0.05, 0) is 6.92 Å². The highest BCUT2D eigenvalue weighted by Gasteiger charge is 2.10. The molecular formula is C8H14O4. The van der Waals surface area contributed by atoms with Gasteiger partial charge in [-0.25, -0.2) is 0 Å². The molecule has 0 radical (unpaired) electrons. The molecule has 0 spiro atoms. The Kier molecular flexibility index (Phi) is 5.12. The van der Waals surface area contributed by atoms with Gasteiger partial charge in [0.15, 0.2) is 12.9 Å². The Balaban J connectivity index is 3.69. The lowest BCUT2D eigenvalue weighted by atomic mass is 10.3. The van der Waals surface area contributed by atoms with E-state index in [9.17, 15) is 4.79 Å². The minimum atomic E-state index is -0.433. The van der Waals surface area contributed by atoms with E-state index in [0.29, 0.717) is 5.76 Å². The van der Waals surface area contributed by atoms with Crippen LogP contribution in [-0.2, 0) is 19.0 Å². The number of carbonyl (C=O) groups is 1. The summed E-state index contributed by atoms with van der Waals surface area (Å²) in [7, 11) is 1.50. The number of esters is 1. The molecule has 70 valence electrons. The first kappa shape index (κ1) is 11.0. The van der Waals surface area contributed by atoms with Crippen molar-refractivity contribution in [3.8, 4) is 0 Å². The average Bonchev–Trinajstić information content (AvgIpc) is 1.98. The van der Waals surface area contributed by atoms with Crippen LogP contribution in [0.5, 0.6) is 0 Å². The molecule has 1 atom stereocenters. The lowest BCUT2D eigenvalue weighted by Gasteiger charge is -2.14. The number of methoxy groups -OCH3 is 1. The van der Waals surface area contributed by atoms with Crippen LogP contribution < -0.4 is 0 Å². The van der Waals surface area contributed by atoms with Gasteiger partial charge in [-0.2, -0.15) is 0 Å². The highest BCUT2D eigenvalue weighted by Crippen LogP contribution is 2.05. The molecule has 0 aromatic carbocycles. The molecule has 0 aromatic rings. The third-order valence-corrected chi connectivity index (χ3v) is 1.16. The molecule has 0 saturated heterocycles. The van der Waals surface area contributed by atoms with Crippen molar-refractivity contribution in [2.24, 2.45) is 0 Å². The van der Waals surface area contributed by atoms with E-state index in [0.717, 1.165) is 0 Å². The van der Waals surface area contributed by atoms with E-state index in [1.54, 1.807) is 6.92 Å². The molecule has 0 aliphatic carbocycles. The largest absolute Gasteiger partial charge is 0.469 e. The van der Waals surface area contributed by atoms with Crippen LogP contribution in [0, 0.1) is 0 Å². The van der Waals surface area contributed by atoms with Crippen LogP contribution >= 0.6 is 0 Å². The van der Waals surface area contributed by atoms with Crippen molar-refractivity contribution in [1.29, 1.82) is 0 Å². The Labute approximate surface area is 72.1 Å². The van der Waals surface area contributed by atoms with Gasteiger partial charge in [-0.1, -0.05) is 6.58 Å². The highest BCUT2D eigenvalue weighted by atomic mass is 16.7. The highest BCUT2D eigenvalue weighted by molar-refractivity contribution is 5.66. The average molecular weight is 174 g/mol. The molecule has 0 rings (SSSR count). The van der Waals surface area contributed by atoms with Crippen molar-refractivity contribution < 1.29 is 19.0 Å². The molecule has 0 aliphatic rings. The van der Waals surface area contributed by atoms with Gasteiger partial charge >= 0.3 is 5.97 Å². The van der Waals surface area contributed by atoms with Crippen LogP contribution in [0.4, 0.5) is 0 Å². The second-order valence-corrected chi connectivity index (χ2v) is 2.27. The first-order valence-electron chi connectivity index (χ1n) is 3.55. The predicted octanol–water partition coefficient (Wildman–Crippen LogP) is 1.07. The van der Waals surface area contributed by atoms with E-state index in [4.69, 9.17) is 9.47 Å². The van der Waals surface area contributed by atoms with Gasteiger partial charge in [-0.15, -0.1) is 0 Å². The summed E-state index contributed by atoms with van der Waals surface area (Å²) in [4.78, 5) is 10.5. The Morgan fingerprint density at radius 2 is 2.17 bits per heavy atom. The number of hydrogen-bond donors (Lipinski definition) is 0. The molecule has 0 bridgehead atoms. The summed E-state index contributed by atoms with van der Waals surface area (Å²) in [5, 5.41) is 0. The topological polar surface area (TPSA) is 44.8 Å². The van der Waals surface area contributed by atoms with Gasteiger partial charge in [-0.3, -0.25) is 4.79 Å². The molecule has 12 heavy (non-hydrogen) atoms. The maximum absolute atomic E-state index is 10.5. The van der Waals surface area contributed by atoms with Crippen LogP contribution in [0.3, 0.4) is 0 Å². The second-order valence-electron chi connectivity index (χ2n) is 2.27. The fraction of sp³-hybridized carbons (Fsp3) is 0.625. The van der Waals surface area contributed by atoms with E-state index in [2.05, 4.69) is 11.3 Å². The fourth-order valence-electron chi connectivity index (χ4n) is 0.567. The molecule has 0 saturated carbocycles. The van der Waals surface area contributed by atoms with Crippen molar-refractivity contribution in [2.45, 2.75) is 20.0 Å². The predicted molar refractivity (Wildman–Crippen MR) is 43.3 cm³/mol. The molecule has 0 N–H and O–H groups in total. The van der Waals surface area contributed by atoms with Crippen LogP contribution in [0.15, 0.2) is 12.3 Å². The van der Waals surface area contributed by atoms with Crippen molar-refractivity contribution in [3.63, 3.8) is 0 Å². The number of carbonyl (C=O) groups excluding carboxylic acids is 1. The van der Waals surface area contributed by atoms with Gasteiger partial charge in [0.2, 0.25) is 0 Å². The molecule has 1 unspecified atom stereocenters. The Hall–Kier alpha value is -1.03. The summed E-state index contributed by atoms with van der Waals surface area (Å²) in [6.45, 7) is 6.69. The first-order chi connectivity index (χ1) is 5.57. The van der Waals surface area contributed by atoms with Gasteiger partial charge in [0.1, 0.15) is 5.76 Å². The van der Waals surface area contributed by atoms with E-state index in [1.807, 2.05) is 0 Å². The maximum Gasteiger partial charge on any atom is 0.303 e. The Morgan fingerprint density at radius 1 is 1.58 bits per heavy atom. The number of hydrogen-bond acceptors (Lipinski definition) is 4. The van der Waals surface area contributed by atoms with Gasteiger partial charge in [0.05, 0.1) is 0 Å². The zero-order valence-electron chi connectivity index (χ0n) is 7.62. The summed E-state index contributed by atoms with van der Waals surface area (Å²) < 4.78 is 14.4. The summed E-state index contributed by atoms with van der Waals surface area (Å²) in [5.41, 5.74) is 0. The molecule has 0 heterocycles.